The van der Waals surface area contributed by atoms with Crippen LogP contribution < -0.4 is 0 Å². The molecule has 4 heteroatoms. The molecule has 0 N–H and O–H groups in total. The highest BCUT2D eigenvalue weighted by molar-refractivity contribution is 5.84. The molecule has 4 nitrogen and oxygen atoms in total. The zero-order chi connectivity index (χ0) is 14.3. The van der Waals surface area contributed by atoms with Crippen LogP contribution in [0.4, 0.5) is 0 Å². The van der Waals surface area contributed by atoms with Gasteiger partial charge in [0.1, 0.15) is 0 Å². The van der Waals surface area contributed by atoms with Crippen molar-refractivity contribution in [2.75, 3.05) is 0 Å². The molecule has 3 heterocycles. The molecule has 0 aliphatic heterocycles. The lowest BCUT2D eigenvalue weighted by Crippen LogP contribution is -1.93. The van der Waals surface area contributed by atoms with Gasteiger partial charge >= 0.3 is 0 Å². The molecule has 0 fully saturated rings. The van der Waals surface area contributed by atoms with E-state index < -0.39 is 0 Å². The number of aryl methyl sites for hydroxylation is 2. The maximum absolute atomic E-state index is 4.53. The SMILES string of the molecule is Cc1nn(C)c2cnc(-c3cc(C(C)C)ccn3)cc12. The van der Waals surface area contributed by atoms with E-state index in [4.69, 9.17) is 0 Å². The van der Waals surface area contributed by atoms with Crippen molar-refractivity contribution in [3.63, 3.8) is 0 Å². The normalized spacial score (nSPS) is 11.4. The molecule has 102 valence electrons. The van der Waals surface area contributed by atoms with Crippen LogP contribution in [0.3, 0.4) is 0 Å². The van der Waals surface area contributed by atoms with Crippen molar-refractivity contribution in [3.8, 4) is 11.4 Å². The topological polar surface area (TPSA) is 43.6 Å². The van der Waals surface area contributed by atoms with Crippen LogP contribution >= 0.6 is 0 Å². The van der Waals surface area contributed by atoms with Gasteiger partial charge in [0.15, 0.2) is 0 Å². The fourth-order valence-electron chi connectivity index (χ4n) is 2.41. The van der Waals surface area contributed by atoms with Gasteiger partial charge in [-0.05, 0) is 36.6 Å². The molecule has 3 aromatic rings. The number of hydrogen-bond donors (Lipinski definition) is 0. The minimum Gasteiger partial charge on any atom is -0.266 e. The summed E-state index contributed by atoms with van der Waals surface area (Å²) < 4.78 is 1.86. The van der Waals surface area contributed by atoms with Crippen molar-refractivity contribution in [3.05, 3.63) is 41.9 Å². The molecule has 20 heavy (non-hydrogen) atoms. The first-order valence-corrected chi connectivity index (χ1v) is 6.82. The van der Waals surface area contributed by atoms with Crippen LogP contribution in [0.15, 0.2) is 30.6 Å². The lowest BCUT2D eigenvalue weighted by atomic mass is 10.0. The van der Waals surface area contributed by atoms with Crippen molar-refractivity contribution in [1.29, 1.82) is 0 Å². The number of nitrogens with zero attached hydrogens (tertiary/aromatic N) is 4. The van der Waals surface area contributed by atoms with Gasteiger partial charge in [0.2, 0.25) is 0 Å². The van der Waals surface area contributed by atoms with Gasteiger partial charge in [-0.25, -0.2) is 0 Å². The Morgan fingerprint density at radius 1 is 1.10 bits per heavy atom. The Morgan fingerprint density at radius 2 is 1.85 bits per heavy atom. The number of aromatic nitrogens is 4. The Labute approximate surface area is 118 Å². The molecule has 0 radical (unpaired) electrons. The monoisotopic (exact) mass is 266 g/mol. The molecule has 0 bridgehead atoms. The van der Waals surface area contributed by atoms with Gasteiger partial charge in [0.05, 0.1) is 28.8 Å². The average Bonchev–Trinajstić information content (AvgIpc) is 2.74. The summed E-state index contributed by atoms with van der Waals surface area (Å²) in [5.41, 5.74) is 5.16. The highest BCUT2D eigenvalue weighted by Gasteiger charge is 2.09. The molecule has 0 spiro atoms. The molecular formula is C16H18N4. The van der Waals surface area contributed by atoms with E-state index in [1.165, 1.54) is 5.56 Å². The van der Waals surface area contributed by atoms with Crippen LogP contribution in [-0.2, 0) is 7.05 Å². The highest BCUT2D eigenvalue weighted by Crippen LogP contribution is 2.24. The lowest BCUT2D eigenvalue weighted by Gasteiger charge is -2.07. The van der Waals surface area contributed by atoms with Gasteiger partial charge in [0, 0.05) is 18.6 Å². The third-order valence-electron chi connectivity index (χ3n) is 3.63. The maximum Gasteiger partial charge on any atom is 0.0894 e. The second-order valence-corrected chi connectivity index (χ2v) is 5.42. The summed E-state index contributed by atoms with van der Waals surface area (Å²) in [6.07, 6.45) is 3.72. The predicted octanol–water partition coefficient (Wildman–Crippen LogP) is 3.46. The summed E-state index contributed by atoms with van der Waals surface area (Å²) in [5.74, 6) is 0.487. The van der Waals surface area contributed by atoms with Crippen LogP contribution in [0, 0.1) is 6.92 Å². The number of pyridine rings is 2. The first-order valence-electron chi connectivity index (χ1n) is 6.82. The van der Waals surface area contributed by atoms with Crippen molar-refractivity contribution < 1.29 is 0 Å². The molecule has 0 aromatic carbocycles. The van der Waals surface area contributed by atoms with Gasteiger partial charge in [-0.3, -0.25) is 14.6 Å². The second kappa shape index (κ2) is 4.71. The van der Waals surface area contributed by atoms with Gasteiger partial charge in [-0.2, -0.15) is 5.10 Å². The summed E-state index contributed by atoms with van der Waals surface area (Å²) >= 11 is 0. The molecule has 3 rings (SSSR count). The summed E-state index contributed by atoms with van der Waals surface area (Å²) in [4.78, 5) is 8.97. The Hall–Kier alpha value is -2.23. The van der Waals surface area contributed by atoms with E-state index in [9.17, 15) is 0 Å². The van der Waals surface area contributed by atoms with E-state index in [1.54, 1.807) is 0 Å². The van der Waals surface area contributed by atoms with E-state index in [0.29, 0.717) is 5.92 Å². The third kappa shape index (κ3) is 2.07. The zero-order valence-electron chi connectivity index (χ0n) is 12.3. The van der Waals surface area contributed by atoms with Crippen molar-refractivity contribution in [1.82, 2.24) is 19.7 Å². The number of rotatable bonds is 2. The number of hydrogen-bond acceptors (Lipinski definition) is 3. The van der Waals surface area contributed by atoms with Crippen molar-refractivity contribution in [2.45, 2.75) is 26.7 Å². The molecule has 0 atom stereocenters. The molecule has 0 saturated carbocycles. The van der Waals surface area contributed by atoms with Crippen LogP contribution in [0.2, 0.25) is 0 Å². The standard InChI is InChI=1S/C16H18N4/c1-10(2)12-5-6-17-14(7-12)15-8-13-11(3)19-20(4)16(13)9-18-15/h5-10H,1-4H3. The maximum atomic E-state index is 4.53. The van der Waals surface area contributed by atoms with Crippen LogP contribution in [0.1, 0.15) is 31.0 Å². The Bertz CT molecular complexity index is 771. The van der Waals surface area contributed by atoms with Gasteiger partial charge in [-0.15, -0.1) is 0 Å². The highest BCUT2D eigenvalue weighted by atomic mass is 15.3. The molecular weight excluding hydrogens is 248 g/mol. The van der Waals surface area contributed by atoms with Crippen molar-refractivity contribution >= 4 is 10.9 Å². The second-order valence-electron chi connectivity index (χ2n) is 5.42. The zero-order valence-corrected chi connectivity index (χ0v) is 12.3. The molecule has 0 saturated heterocycles. The van der Waals surface area contributed by atoms with E-state index in [0.717, 1.165) is 28.0 Å². The van der Waals surface area contributed by atoms with E-state index in [-0.39, 0.29) is 0 Å². The lowest BCUT2D eigenvalue weighted by molar-refractivity contribution is 0.782. The van der Waals surface area contributed by atoms with Gasteiger partial charge in [0.25, 0.3) is 0 Å². The largest absolute Gasteiger partial charge is 0.266 e. The summed E-state index contributed by atoms with van der Waals surface area (Å²) in [6, 6.07) is 6.25. The van der Waals surface area contributed by atoms with Crippen LogP contribution in [-0.4, -0.2) is 19.7 Å². The fourth-order valence-corrected chi connectivity index (χ4v) is 2.41. The molecule has 0 aliphatic rings. The van der Waals surface area contributed by atoms with E-state index >= 15 is 0 Å². The first kappa shape index (κ1) is 12.8. The Morgan fingerprint density at radius 3 is 2.60 bits per heavy atom. The minimum atomic E-state index is 0.487. The van der Waals surface area contributed by atoms with Gasteiger partial charge < -0.3 is 0 Å². The summed E-state index contributed by atoms with van der Waals surface area (Å²) in [5, 5.41) is 5.56. The summed E-state index contributed by atoms with van der Waals surface area (Å²) in [7, 11) is 1.94. The fraction of sp³-hybridized carbons (Fsp3) is 0.312. The van der Waals surface area contributed by atoms with E-state index in [1.807, 2.05) is 31.0 Å². The third-order valence-corrected chi connectivity index (χ3v) is 3.63. The number of fused-ring (bicyclic) bond motifs is 1. The molecule has 0 amide bonds. The average molecular weight is 266 g/mol. The van der Waals surface area contributed by atoms with Gasteiger partial charge in [-0.1, -0.05) is 13.8 Å². The van der Waals surface area contributed by atoms with Crippen molar-refractivity contribution in [2.24, 2.45) is 7.05 Å². The smallest absolute Gasteiger partial charge is 0.0894 e. The minimum absolute atomic E-state index is 0.487. The summed E-state index contributed by atoms with van der Waals surface area (Å²) in [6.45, 7) is 6.38. The Balaban J connectivity index is 2.14. The predicted molar refractivity (Wildman–Crippen MR) is 80.6 cm³/mol. The molecule has 0 unspecified atom stereocenters. The molecule has 0 aliphatic carbocycles. The molecule has 3 aromatic heterocycles. The Kier molecular flexibility index (Phi) is 3.01. The van der Waals surface area contributed by atoms with E-state index in [2.05, 4.69) is 47.1 Å². The van der Waals surface area contributed by atoms with Crippen LogP contribution in [0.5, 0.6) is 0 Å². The first-order chi connectivity index (χ1) is 9.56. The van der Waals surface area contributed by atoms with Crippen LogP contribution in [0.25, 0.3) is 22.3 Å². The quantitative estimate of drug-likeness (QED) is 0.713.